The SMILES string of the molecule is CC(CN(C)S(=O)(=O)N1CCCCC1C)C(N)=S. The Kier molecular flexibility index (Phi) is 5.51. The second-order valence-electron chi connectivity index (χ2n) is 5.05. The van der Waals surface area contributed by atoms with Crippen molar-refractivity contribution in [1.82, 2.24) is 8.61 Å². The summed E-state index contributed by atoms with van der Waals surface area (Å²) in [7, 11) is -1.80. The van der Waals surface area contributed by atoms with Crippen LogP contribution in [0.4, 0.5) is 0 Å². The van der Waals surface area contributed by atoms with Crippen LogP contribution in [-0.4, -0.2) is 48.2 Å². The van der Waals surface area contributed by atoms with E-state index in [-0.39, 0.29) is 12.0 Å². The highest BCUT2D eigenvalue weighted by Crippen LogP contribution is 2.22. The molecule has 1 aliphatic heterocycles. The molecule has 2 unspecified atom stereocenters. The van der Waals surface area contributed by atoms with Crippen LogP contribution < -0.4 is 5.73 Å². The summed E-state index contributed by atoms with van der Waals surface area (Å²) in [4.78, 5) is 0.351. The Morgan fingerprint density at radius 1 is 1.56 bits per heavy atom. The van der Waals surface area contributed by atoms with E-state index in [0.717, 1.165) is 19.3 Å². The largest absolute Gasteiger partial charge is 0.393 e. The molecule has 18 heavy (non-hydrogen) atoms. The van der Waals surface area contributed by atoms with E-state index < -0.39 is 10.2 Å². The molecule has 1 fully saturated rings. The molecule has 106 valence electrons. The number of thiocarbonyl (C=S) groups is 1. The van der Waals surface area contributed by atoms with Crippen LogP contribution in [0.2, 0.25) is 0 Å². The van der Waals surface area contributed by atoms with Crippen molar-refractivity contribution in [2.24, 2.45) is 11.7 Å². The summed E-state index contributed by atoms with van der Waals surface area (Å²) in [6.07, 6.45) is 2.96. The van der Waals surface area contributed by atoms with Gasteiger partial charge >= 0.3 is 0 Å². The van der Waals surface area contributed by atoms with Crippen LogP contribution in [0.25, 0.3) is 0 Å². The fourth-order valence-electron chi connectivity index (χ4n) is 2.16. The van der Waals surface area contributed by atoms with Gasteiger partial charge in [-0.1, -0.05) is 25.6 Å². The maximum Gasteiger partial charge on any atom is 0.281 e. The normalized spacial score (nSPS) is 24.1. The third-order valence-electron chi connectivity index (χ3n) is 3.45. The minimum absolute atomic E-state index is 0.0753. The Labute approximate surface area is 115 Å². The van der Waals surface area contributed by atoms with E-state index in [1.54, 1.807) is 11.4 Å². The second kappa shape index (κ2) is 6.27. The fourth-order valence-corrected chi connectivity index (χ4v) is 3.93. The first-order chi connectivity index (χ1) is 8.26. The van der Waals surface area contributed by atoms with Crippen molar-refractivity contribution in [2.75, 3.05) is 20.1 Å². The van der Waals surface area contributed by atoms with Gasteiger partial charge in [-0.15, -0.1) is 0 Å². The van der Waals surface area contributed by atoms with E-state index in [1.807, 2.05) is 13.8 Å². The first-order valence-electron chi connectivity index (χ1n) is 6.29. The monoisotopic (exact) mass is 293 g/mol. The third-order valence-corrected chi connectivity index (χ3v) is 5.92. The number of nitrogens with two attached hydrogens (primary N) is 1. The highest BCUT2D eigenvalue weighted by Gasteiger charge is 2.33. The van der Waals surface area contributed by atoms with Crippen molar-refractivity contribution in [3.8, 4) is 0 Å². The Bertz CT molecular complexity index is 397. The molecule has 0 saturated carbocycles. The average Bonchev–Trinajstić information content (AvgIpc) is 2.28. The minimum atomic E-state index is -3.39. The van der Waals surface area contributed by atoms with Crippen molar-refractivity contribution in [3.63, 3.8) is 0 Å². The zero-order valence-electron chi connectivity index (χ0n) is 11.3. The molecule has 7 heteroatoms. The van der Waals surface area contributed by atoms with Crippen molar-refractivity contribution in [3.05, 3.63) is 0 Å². The molecule has 1 heterocycles. The molecular weight excluding hydrogens is 270 g/mol. The predicted molar refractivity (Wildman–Crippen MR) is 77.5 cm³/mol. The van der Waals surface area contributed by atoms with Crippen LogP contribution in [0.5, 0.6) is 0 Å². The van der Waals surface area contributed by atoms with Crippen LogP contribution in [-0.2, 0) is 10.2 Å². The van der Waals surface area contributed by atoms with Crippen LogP contribution in [0.3, 0.4) is 0 Å². The molecular formula is C11H23N3O2S2. The summed E-state index contributed by atoms with van der Waals surface area (Å²) >= 11 is 4.88. The van der Waals surface area contributed by atoms with Gasteiger partial charge in [-0.3, -0.25) is 0 Å². The van der Waals surface area contributed by atoms with E-state index >= 15 is 0 Å². The molecule has 0 radical (unpaired) electrons. The number of nitrogens with zero attached hydrogens (tertiary/aromatic N) is 2. The van der Waals surface area contributed by atoms with Gasteiger partial charge in [0.15, 0.2) is 0 Å². The van der Waals surface area contributed by atoms with E-state index in [1.165, 1.54) is 4.31 Å². The van der Waals surface area contributed by atoms with E-state index in [2.05, 4.69) is 0 Å². The van der Waals surface area contributed by atoms with E-state index in [4.69, 9.17) is 18.0 Å². The Balaban J connectivity index is 2.75. The summed E-state index contributed by atoms with van der Waals surface area (Å²) in [6.45, 7) is 4.74. The summed E-state index contributed by atoms with van der Waals surface area (Å²) in [5.74, 6) is -0.111. The third kappa shape index (κ3) is 3.63. The topological polar surface area (TPSA) is 66.6 Å². The van der Waals surface area contributed by atoms with Gasteiger partial charge in [0.05, 0.1) is 4.99 Å². The van der Waals surface area contributed by atoms with Crippen LogP contribution in [0.15, 0.2) is 0 Å². The number of piperidine rings is 1. The van der Waals surface area contributed by atoms with Gasteiger partial charge < -0.3 is 5.73 Å². The molecule has 1 rings (SSSR count). The van der Waals surface area contributed by atoms with E-state index in [0.29, 0.717) is 18.1 Å². The van der Waals surface area contributed by atoms with E-state index in [9.17, 15) is 8.42 Å². The Morgan fingerprint density at radius 3 is 2.67 bits per heavy atom. The van der Waals surface area contributed by atoms with Crippen LogP contribution in [0, 0.1) is 5.92 Å². The molecule has 0 aliphatic carbocycles. The van der Waals surface area contributed by atoms with Gasteiger partial charge in [0.25, 0.3) is 10.2 Å². The average molecular weight is 293 g/mol. The summed E-state index contributed by atoms with van der Waals surface area (Å²) in [6, 6.07) is 0.0753. The van der Waals surface area contributed by atoms with Crippen LogP contribution >= 0.6 is 12.2 Å². The summed E-state index contributed by atoms with van der Waals surface area (Å²) in [5.41, 5.74) is 5.53. The summed E-state index contributed by atoms with van der Waals surface area (Å²) in [5, 5.41) is 0. The van der Waals surface area contributed by atoms with Crippen molar-refractivity contribution in [1.29, 1.82) is 0 Å². The predicted octanol–water partition coefficient (Wildman–Crippen LogP) is 0.960. The number of hydrogen-bond acceptors (Lipinski definition) is 3. The van der Waals surface area contributed by atoms with Gasteiger partial charge in [0.2, 0.25) is 0 Å². The van der Waals surface area contributed by atoms with Gasteiger partial charge in [-0.05, 0) is 19.8 Å². The molecule has 0 bridgehead atoms. The highest BCUT2D eigenvalue weighted by atomic mass is 32.2. The number of hydrogen-bond donors (Lipinski definition) is 1. The smallest absolute Gasteiger partial charge is 0.281 e. The van der Waals surface area contributed by atoms with Crippen LogP contribution in [0.1, 0.15) is 33.1 Å². The standard InChI is InChI=1S/C11H23N3O2S2/c1-9(11(12)17)8-13(3)18(15,16)14-7-5-4-6-10(14)2/h9-10H,4-8H2,1-3H3,(H2,12,17). The molecule has 2 atom stereocenters. The molecule has 0 aromatic carbocycles. The lowest BCUT2D eigenvalue weighted by atomic mass is 10.1. The fraction of sp³-hybridized carbons (Fsp3) is 0.909. The molecule has 0 amide bonds. The molecule has 1 saturated heterocycles. The van der Waals surface area contributed by atoms with Crippen molar-refractivity contribution < 1.29 is 8.42 Å². The van der Waals surface area contributed by atoms with Gasteiger partial charge in [0, 0.05) is 32.1 Å². The first-order valence-corrected chi connectivity index (χ1v) is 8.09. The van der Waals surface area contributed by atoms with Crippen molar-refractivity contribution >= 4 is 27.4 Å². The number of rotatable bonds is 5. The first kappa shape index (κ1) is 15.8. The Morgan fingerprint density at radius 2 is 2.17 bits per heavy atom. The lowest BCUT2D eigenvalue weighted by Crippen LogP contribution is -2.49. The molecule has 2 N–H and O–H groups in total. The molecule has 0 aromatic heterocycles. The highest BCUT2D eigenvalue weighted by molar-refractivity contribution is 7.86. The van der Waals surface area contributed by atoms with Gasteiger partial charge in [-0.2, -0.15) is 17.0 Å². The second-order valence-corrected chi connectivity index (χ2v) is 7.51. The van der Waals surface area contributed by atoms with Gasteiger partial charge in [-0.25, -0.2) is 0 Å². The molecule has 1 aliphatic rings. The minimum Gasteiger partial charge on any atom is -0.393 e. The maximum atomic E-state index is 12.4. The zero-order valence-corrected chi connectivity index (χ0v) is 12.9. The Hall–Kier alpha value is -0.240. The zero-order chi connectivity index (χ0) is 13.9. The lowest BCUT2D eigenvalue weighted by molar-refractivity contribution is 0.248. The lowest BCUT2D eigenvalue weighted by Gasteiger charge is -2.35. The molecule has 0 spiro atoms. The molecule has 0 aromatic rings. The maximum absolute atomic E-state index is 12.4. The van der Waals surface area contributed by atoms with Crippen molar-refractivity contribution in [2.45, 2.75) is 39.2 Å². The van der Waals surface area contributed by atoms with Gasteiger partial charge in [0.1, 0.15) is 0 Å². The summed E-state index contributed by atoms with van der Waals surface area (Å²) < 4.78 is 27.8. The molecule has 5 nitrogen and oxygen atoms in total. The quantitative estimate of drug-likeness (QED) is 0.767.